The van der Waals surface area contributed by atoms with Gasteiger partial charge in [0.25, 0.3) is 5.91 Å². The van der Waals surface area contributed by atoms with Crippen LogP contribution in [0.2, 0.25) is 0 Å². The van der Waals surface area contributed by atoms with Crippen LogP contribution in [0.1, 0.15) is 24.4 Å². The summed E-state index contributed by atoms with van der Waals surface area (Å²) in [6, 6.07) is 3.65. The van der Waals surface area contributed by atoms with Gasteiger partial charge in [-0.05, 0) is 31.9 Å². The van der Waals surface area contributed by atoms with Crippen LogP contribution in [0.25, 0.3) is 0 Å². The number of nitrogens with zero attached hydrogens (tertiary/aromatic N) is 1. The van der Waals surface area contributed by atoms with Crippen LogP contribution in [0.15, 0.2) is 16.5 Å². The molecule has 104 valence electrons. The molecule has 2 rings (SSSR count). The van der Waals surface area contributed by atoms with E-state index in [0.29, 0.717) is 25.1 Å². The first-order valence-corrected chi connectivity index (χ1v) is 6.16. The Morgan fingerprint density at radius 2 is 2.05 bits per heavy atom. The molecule has 1 aromatic rings. The van der Waals surface area contributed by atoms with Crippen molar-refractivity contribution in [2.75, 3.05) is 7.05 Å². The highest BCUT2D eigenvalue weighted by molar-refractivity contribution is 5.82. The summed E-state index contributed by atoms with van der Waals surface area (Å²) in [5.41, 5.74) is 0. The van der Waals surface area contributed by atoms with Crippen molar-refractivity contribution in [3.8, 4) is 0 Å². The third-order valence-electron chi connectivity index (χ3n) is 3.14. The van der Waals surface area contributed by atoms with Gasteiger partial charge >= 0.3 is 5.97 Å². The number of aryl methyl sites for hydroxylation is 1. The molecule has 0 spiro atoms. The van der Waals surface area contributed by atoms with Crippen LogP contribution in [-0.4, -0.2) is 41.1 Å². The largest absolute Gasteiger partial charge is 0.479 e. The molecule has 1 saturated heterocycles. The van der Waals surface area contributed by atoms with E-state index in [-0.39, 0.29) is 5.91 Å². The quantitative estimate of drug-likeness (QED) is 0.886. The molecular weight excluding hydrogens is 250 g/mol. The van der Waals surface area contributed by atoms with Crippen molar-refractivity contribution in [3.05, 3.63) is 23.7 Å². The number of amides is 1. The average Bonchev–Trinajstić information content (AvgIpc) is 2.97. The summed E-state index contributed by atoms with van der Waals surface area (Å²) in [5.74, 6) is 0.262. The number of carbonyl (C=O) groups is 2. The Balaban J connectivity index is 1.91. The Hall–Kier alpha value is -1.82. The summed E-state index contributed by atoms with van der Waals surface area (Å²) in [4.78, 5) is 24.4. The second-order valence-electron chi connectivity index (χ2n) is 4.74. The van der Waals surface area contributed by atoms with Gasteiger partial charge < -0.3 is 19.2 Å². The maximum absolute atomic E-state index is 12.1. The molecule has 1 aliphatic heterocycles. The maximum Gasteiger partial charge on any atom is 0.332 e. The summed E-state index contributed by atoms with van der Waals surface area (Å²) in [5, 5.41) is 8.82. The maximum atomic E-state index is 12.1. The fourth-order valence-corrected chi connectivity index (χ4v) is 2.13. The topological polar surface area (TPSA) is 80.0 Å². The molecule has 6 heteroatoms. The summed E-state index contributed by atoms with van der Waals surface area (Å²) in [6.45, 7) is 2.19. The van der Waals surface area contributed by atoms with E-state index in [1.54, 1.807) is 7.05 Å². The van der Waals surface area contributed by atoms with Crippen molar-refractivity contribution in [3.63, 3.8) is 0 Å². The van der Waals surface area contributed by atoms with Crippen LogP contribution in [0.4, 0.5) is 0 Å². The van der Waals surface area contributed by atoms with E-state index in [1.165, 1.54) is 4.90 Å². The summed E-state index contributed by atoms with van der Waals surface area (Å²) in [7, 11) is 1.65. The van der Waals surface area contributed by atoms with Crippen molar-refractivity contribution in [2.24, 2.45) is 0 Å². The molecule has 19 heavy (non-hydrogen) atoms. The molecule has 1 aromatic heterocycles. The molecule has 1 fully saturated rings. The number of aliphatic carboxylic acids is 1. The Morgan fingerprint density at radius 1 is 1.37 bits per heavy atom. The van der Waals surface area contributed by atoms with Gasteiger partial charge in [0.05, 0.1) is 6.54 Å². The van der Waals surface area contributed by atoms with E-state index >= 15 is 0 Å². The van der Waals surface area contributed by atoms with Gasteiger partial charge in [0.2, 0.25) is 0 Å². The summed E-state index contributed by atoms with van der Waals surface area (Å²) < 4.78 is 10.6. The van der Waals surface area contributed by atoms with Crippen LogP contribution in [-0.2, 0) is 20.9 Å². The zero-order valence-corrected chi connectivity index (χ0v) is 11.0. The molecule has 1 N–H and O–H groups in total. The van der Waals surface area contributed by atoms with Gasteiger partial charge in [-0.25, -0.2) is 4.79 Å². The first-order chi connectivity index (χ1) is 8.97. The minimum atomic E-state index is -1.01. The average molecular weight is 267 g/mol. The molecule has 1 amide bonds. The van der Waals surface area contributed by atoms with Crippen LogP contribution in [0.5, 0.6) is 0 Å². The lowest BCUT2D eigenvalue weighted by Gasteiger charge is -2.19. The molecule has 2 atom stereocenters. The van der Waals surface area contributed by atoms with E-state index in [9.17, 15) is 9.59 Å². The second-order valence-corrected chi connectivity index (χ2v) is 4.74. The lowest BCUT2D eigenvalue weighted by Crippen LogP contribution is -2.36. The molecule has 0 aliphatic carbocycles. The number of rotatable bonds is 4. The molecule has 0 radical (unpaired) electrons. The number of hydrogen-bond acceptors (Lipinski definition) is 4. The molecule has 2 unspecified atom stereocenters. The second kappa shape index (κ2) is 5.44. The number of carboxylic acid groups (broad SMARTS) is 1. The summed E-state index contributed by atoms with van der Waals surface area (Å²) in [6.07, 6.45) is -0.716. The number of furan rings is 1. The first kappa shape index (κ1) is 13.6. The third kappa shape index (κ3) is 3.14. The van der Waals surface area contributed by atoms with Crippen LogP contribution < -0.4 is 0 Å². The Kier molecular flexibility index (Phi) is 3.90. The van der Waals surface area contributed by atoms with Gasteiger partial charge in [0, 0.05) is 7.05 Å². The lowest BCUT2D eigenvalue weighted by molar-refractivity contribution is -0.154. The Labute approximate surface area is 110 Å². The van der Waals surface area contributed by atoms with Crippen molar-refractivity contribution in [1.82, 2.24) is 4.90 Å². The van der Waals surface area contributed by atoms with E-state index < -0.39 is 18.2 Å². The predicted octanol–water partition coefficient (Wildman–Crippen LogP) is 1.18. The normalized spacial score (nSPS) is 22.4. The van der Waals surface area contributed by atoms with Gasteiger partial charge in [-0.3, -0.25) is 4.79 Å². The number of carbonyl (C=O) groups excluding carboxylic acids is 1. The van der Waals surface area contributed by atoms with Gasteiger partial charge in [0.15, 0.2) is 6.10 Å². The number of carboxylic acids is 1. The predicted molar refractivity (Wildman–Crippen MR) is 65.4 cm³/mol. The Morgan fingerprint density at radius 3 is 2.58 bits per heavy atom. The molecule has 0 aromatic carbocycles. The number of hydrogen-bond donors (Lipinski definition) is 1. The van der Waals surface area contributed by atoms with Crippen molar-refractivity contribution in [1.29, 1.82) is 0 Å². The number of ether oxygens (including phenoxy) is 1. The minimum Gasteiger partial charge on any atom is -0.479 e. The molecule has 0 bridgehead atoms. The van der Waals surface area contributed by atoms with E-state index in [2.05, 4.69) is 0 Å². The molecule has 0 saturated carbocycles. The van der Waals surface area contributed by atoms with Gasteiger partial charge in [-0.15, -0.1) is 0 Å². The highest BCUT2D eigenvalue weighted by atomic mass is 16.5. The van der Waals surface area contributed by atoms with Crippen molar-refractivity contribution in [2.45, 2.75) is 38.5 Å². The van der Waals surface area contributed by atoms with Crippen LogP contribution >= 0.6 is 0 Å². The van der Waals surface area contributed by atoms with Crippen molar-refractivity contribution >= 4 is 11.9 Å². The minimum absolute atomic E-state index is 0.210. The molecule has 2 heterocycles. The van der Waals surface area contributed by atoms with Crippen molar-refractivity contribution < 1.29 is 23.8 Å². The molecule has 6 nitrogen and oxygen atoms in total. The van der Waals surface area contributed by atoms with E-state index in [4.69, 9.17) is 14.3 Å². The molecule has 1 aliphatic rings. The standard InChI is InChI=1S/C13H17NO5/c1-8-3-4-9(18-8)7-14(2)12(15)10-5-6-11(19-10)13(16)17/h3-4,10-11H,5-7H2,1-2H3,(H,16,17). The highest BCUT2D eigenvalue weighted by Crippen LogP contribution is 2.22. The zero-order valence-electron chi connectivity index (χ0n) is 11.0. The zero-order chi connectivity index (χ0) is 14.0. The smallest absolute Gasteiger partial charge is 0.332 e. The molecular formula is C13H17NO5. The van der Waals surface area contributed by atoms with Crippen LogP contribution in [0, 0.1) is 6.92 Å². The van der Waals surface area contributed by atoms with Crippen LogP contribution in [0.3, 0.4) is 0 Å². The fraction of sp³-hybridized carbons (Fsp3) is 0.538. The van der Waals surface area contributed by atoms with E-state index in [1.807, 2.05) is 19.1 Å². The Bertz CT molecular complexity index is 481. The van der Waals surface area contributed by atoms with Gasteiger partial charge in [0.1, 0.15) is 17.6 Å². The summed E-state index contributed by atoms with van der Waals surface area (Å²) >= 11 is 0. The third-order valence-corrected chi connectivity index (χ3v) is 3.14. The lowest BCUT2D eigenvalue weighted by atomic mass is 10.2. The number of likely N-dealkylation sites (N-methyl/N-ethyl adjacent to an activating group) is 1. The fourth-order valence-electron chi connectivity index (χ4n) is 2.13. The monoisotopic (exact) mass is 267 g/mol. The van der Waals surface area contributed by atoms with E-state index in [0.717, 1.165) is 5.76 Å². The SMILES string of the molecule is Cc1ccc(CN(C)C(=O)C2CCC(C(=O)O)O2)o1. The van der Waals surface area contributed by atoms with Gasteiger partial charge in [-0.2, -0.15) is 0 Å². The van der Waals surface area contributed by atoms with Gasteiger partial charge in [-0.1, -0.05) is 0 Å². The highest BCUT2D eigenvalue weighted by Gasteiger charge is 2.36. The first-order valence-electron chi connectivity index (χ1n) is 6.16.